The van der Waals surface area contributed by atoms with E-state index in [2.05, 4.69) is 10.3 Å². The van der Waals surface area contributed by atoms with Gasteiger partial charge in [0.25, 0.3) is 5.91 Å². The van der Waals surface area contributed by atoms with E-state index < -0.39 is 0 Å². The summed E-state index contributed by atoms with van der Waals surface area (Å²) in [6.07, 6.45) is 1.42. The fourth-order valence-electron chi connectivity index (χ4n) is 1.42. The fraction of sp³-hybridized carbons (Fsp3) is 0.0769. The summed E-state index contributed by atoms with van der Waals surface area (Å²) in [4.78, 5) is 15.7. The number of nitrogen functional groups attached to an aromatic ring is 1. The minimum Gasteiger partial charge on any atom is -0.508 e. The van der Waals surface area contributed by atoms with E-state index in [9.17, 15) is 9.90 Å². The van der Waals surface area contributed by atoms with Crippen LogP contribution < -0.4 is 11.1 Å². The van der Waals surface area contributed by atoms with Crippen molar-refractivity contribution >= 4 is 17.3 Å². The van der Waals surface area contributed by atoms with Crippen molar-refractivity contribution in [2.45, 2.75) is 6.92 Å². The number of amides is 1. The zero-order valence-corrected chi connectivity index (χ0v) is 9.84. The fourth-order valence-corrected chi connectivity index (χ4v) is 1.42. The molecule has 92 valence electrons. The maximum absolute atomic E-state index is 11.8. The molecule has 0 bridgehead atoms. The molecule has 1 heterocycles. The predicted octanol–water partition coefficient (Wildman–Crippen LogP) is 1.93. The first-order valence-corrected chi connectivity index (χ1v) is 5.39. The standard InChI is InChI=1S/C13H13N3O2/c1-8-2-4-10(6-12(8)17)16-13(18)11-5-3-9(14)7-15-11/h2-7,17H,14H2,1H3,(H,16,18). The van der Waals surface area contributed by atoms with Crippen molar-refractivity contribution in [1.82, 2.24) is 4.98 Å². The number of rotatable bonds is 2. The summed E-state index contributed by atoms with van der Waals surface area (Å²) in [5, 5.41) is 12.2. The lowest BCUT2D eigenvalue weighted by atomic mass is 10.2. The van der Waals surface area contributed by atoms with Crippen LogP contribution in [0, 0.1) is 6.92 Å². The number of phenolic OH excluding ortho intramolecular Hbond substituents is 1. The highest BCUT2D eigenvalue weighted by molar-refractivity contribution is 6.03. The molecule has 0 aliphatic carbocycles. The number of aryl methyl sites for hydroxylation is 1. The predicted molar refractivity (Wildman–Crippen MR) is 69.4 cm³/mol. The number of pyridine rings is 1. The van der Waals surface area contributed by atoms with Crippen LogP contribution in [0.5, 0.6) is 5.75 Å². The Kier molecular flexibility index (Phi) is 3.14. The van der Waals surface area contributed by atoms with E-state index in [4.69, 9.17) is 5.73 Å². The molecule has 0 aliphatic rings. The molecule has 5 heteroatoms. The molecule has 4 N–H and O–H groups in total. The van der Waals surface area contributed by atoms with Gasteiger partial charge in [0.15, 0.2) is 0 Å². The van der Waals surface area contributed by atoms with Crippen LogP contribution in [0.15, 0.2) is 36.5 Å². The number of carbonyl (C=O) groups is 1. The van der Waals surface area contributed by atoms with Gasteiger partial charge in [-0.3, -0.25) is 4.79 Å². The number of nitrogens with one attached hydrogen (secondary N) is 1. The molecular formula is C13H13N3O2. The molecule has 0 saturated heterocycles. The SMILES string of the molecule is Cc1ccc(NC(=O)c2ccc(N)cn2)cc1O. The first-order valence-electron chi connectivity index (χ1n) is 5.39. The van der Waals surface area contributed by atoms with E-state index in [1.54, 1.807) is 31.2 Å². The normalized spacial score (nSPS) is 10.1. The molecule has 1 aromatic carbocycles. The third kappa shape index (κ3) is 2.57. The molecule has 2 rings (SSSR count). The Morgan fingerprint density at radius 1 is 1.33 bits per heavy atom. The van der Waals surface area contributed by atoms with Gasteiger partial charge in [-0.25, -0.2) is 4.98 Å². The third-order valence-corrected chi connectivity index (χ3v) is 2.49. The number of hydrogen-bond acceptors (Lipinski definition) is 4. The minimum atomic E-state index is -0.349. The number of nitrogens with zero attached hydrogens (tertiary/aromatic N) is 1. The Hall–Kier alpha value is -2.56. The van der Waals surface area contributed by atoms with Gasteiger partial charge in [0.05, 0.1) is 11.9 Å². The largest absolute Gasteiger partial charge is 0.508 e. The first-order chi connectivity index (χ1) is 8.56. The summed E-state index contributed by atoms with van der Waals surface area (Å²) in [6, 6.07) is 8.07. The summed E-state index contributed by atoms with van der Waals surface area (Å²) in [7, 11) is 0. The zero-order valence-electron chi connectivity index (χ0n) is 9.84. The second-order valence-corrected chi connectivity index (χ2v) is 3.93. The van der Waals surface area contributed by atoms with Crippen LogP contribution in [0.2, 0.25) is 0 Å². The van der Waals surface area contributed by atoms with Crippen LogP contribution in [-0.4, -0.2) is 16.0 Å². The van der Waals surface area contributed by atoms with Gasteiger partial charge in [-0.1, -0.05) is 6.07 Å². The van der Waals surface area contributed by atoms with Crippen LogP contribution in [0.25, 0.3) is 0 Å². The van der Waals surface area contributed by atoms with Crippen LogP contribution in [-0.2, 0) is 0 Å². The van der Waals surface area contributed by atoms with Crippen molar-refractivity contribution in [1.29, 1.82) is 0 Å². The molecule has 18 heavy (non-hydrogen) atoms. The molecule has 0 spiro atoms. The van der Waals surface area contributed by atoms with Crippen molar-refractivity contribution in [3.63, 3.8) is 0 Å². The maximum atomic E-state index is 11.8. The Labute approximate surface area is 104 Å². The Bertz CT molecular complexity index is 579. The van der Waals surface area contributed by atoms with Crippen molar-refractivity contribution in [3.05, 3.63) is 47.8 Å². The molecular weight excluding hydrogens is 230 g/mol. The van der Waals surface area contributed by atoms with Crippen LogP contribution >= 0.6 is 0 Å². The summed E-state index contributed by atoms with van der Waals surface area (Å²) in [5.74, 6) is -0.212. The van der Waals surface area contributed by atoms with Gasteiger partial charge >= 0.3 is 0 Å². The Balaban J connectivity index is 2.16. The van der Waals surface area contributed by atoms with E-state index in [0.29, 0.717) is 11.4 Å². The van der Waals surface area contributed by atoms with Crippen molar-refractivity contribution < 1.29 is 9.90 Å². The molecule has 0 fully saturated rings. The summed E-state index contributed by atoms with van der Waals surface area (Å²) >= 11 is 0. The molecule has 0 saturated carbocycles. The van der Waals surface area contributed by atoms with Gasteiger partial charge in [0.2, 0.25) is 0 Å². The molecule has 1 aromatic heterocycles. The molecule has 5 nitrogen and oxygen atoms in total. The minimum absolute atomic E-state index is 0.137. The molecule has 1 amide bonds. The number of hydrogen-bond donors (Lipinski definition) is 3. The van der Waals surface area contributed by atoms with Crippen LogP contribution in [0.3, 0.4) is 0 Å². The first kappa shape index (κ1) is 11.9. The number of carbonyl (C=O) groups excluding carboxylic acids is 1. The summed E-state index contributed by atoms with van der Waals surface area (Å²) in [6.45, 7) is 1.78. The number of phenols is 1. The molecule has 0 atom stereocenters. The molecule has 0 radical (unpaired) electrons. The number of aromatic nitrogens is 1. The maximum Gasteiger partial charge on any atom is 0.274 e. The second-order valence-electron chi connectivity index (χ2n) is 3.93. The van der Waals surface area contributed by atoms with Gasteiger partial charge in [-0.05, 0) is 30.7 Å². The van der Waals surface area contributed by atoms with Crippen molar-refractivity contribution in [2.24, 2.45) is 0 Å². The zero-order chi connectivity index (χ0) is 13.1. The number of aromatic hydroxyl groups is 1. The lowest BCUT2D eigenvalue weighted by Gasteiger charge is -2.06. The topological polar surface area (TPSA) is 88.2 Å². The van der Waals surface area contributed by atoms with Crippen molar-refractivity contribution in [2.75, 3.05) is 11.1 Å². The number of benzene rings is 1. The second kappa shape index (κ2) is 4.75. The van der Waals surface area contributed by atoms with Gasteiger partial charge in [0.1, 0.15) is 11.4 Å². The van der Waals surface area contributed by atoms with E-state index in [1.807, 2.05) is 0 Å². The number of anilines is 2. The molecule has 0 aliphatic heterocycles. The van der Waals surface area contributed by atoms with E-state index in [-0.39, 0.29) is 17.4 Å². The van der Waals surface area contributed by atoms with E-state index in [0.717, 1.165) is 5.56 Å². The lowest BCUT2D eigenvalue weighted by Crippen LogP contribution is -2.13. The van der Waals surface area contributed by atoms with Gasteiger partial charge in [0, 0.05) is 11.8 Å². The van der Waals surface area contributed by atoms with Crippen molar-refractivity contribution in [3.8, 4) is 5.75 Å². The van der Waals surface area contributed by atoms with E-state index in [1.165, 1.54) is 12.3 Å². The molecule has 2 aromatic rings. The molecule has 0 unspecified atom stereocenters. The Morgan fingerprint density at radius 2 is 2.11 bits per heavy atom. The Morgan fingerprint density at radius 3 is 2.72 bits per heavy atom. The van der Waals surface area contributed by atoms with Gasteiger partial charge < -0.3 is 16.2 Å². The lowest BCUT2D eigenvalue weighted by molar-refractivity contribution is 0.102. The highest BCUT2D eigenvalue weighted by atomic mass is 16.3. The average molecular weight is 243 g/mol. The summed E-state index contributed by atoms with van der Waals surface area (Å²) < 4.78 is 0. The highest BCUT2D eigenvalue weighted by Gasteiger charge is 2.08. The monoisotopic (exact) mass is 243 g/mol. The average Bonchev–Trinajstić information content (AvgIpc) is 2.34. The summed E-state index contributed by atoms with van der Waals surface area (Å²) in [5.41, 5.74) is 7.52. The van der Waals surface area contributed by atoms with Crippen LogP contribution in [0.1, 0.15) is 16.1 Å². The third-order valence-electron chi connectivity index (χ3n) is 2.49. The number of nitrogens with two attached hydrogens (primary N) is 1. The smallest absolute Gasteiger partial charge is 0.274 e. The van der Waals surface area contributed by atoms with Gasteiger partial charge in [-0.2, -0.15) is 0 Å². The van der Waals surface area contributed by atoms with E-state index >= 15 is 0 Å². The van der Waals surface area contributed by atoms with Gasteiger partial charge in [-0.15, -0.1) is 0 Å². The quantitative estimate of drug-likeness (QED) is 0.752. The van der Waals surface area contributed by atoms with Crippen LogP contribution in [0.4, 0.5) is 11.4 Å². The highest BCUT2D eigenvalue weighted by Crippen LogP contribution is 2.21.